The first kappa shape index (κ1) is 15.7. The average molecular weight is 347 g/mol. The van der Waals surface area contributed by atoms with Gasteiger partial charge in [0.05, 0.1) is 17.6 Å². The lowest BCUT2D eigenvalue weighted by Crippen LogP contribution is -2.01. The molecule has 0 spiro atoms. The summed E-state index contributed by atoms with van der Waals surface area (Å²) in [4.78, 5) is 9.06. The maximum atomic E-state index is 4.59. The minimum atomic E-state index is 0.657. The Morgan fingerprint density at radius 2 is 1.84 bits per heavy atom. The molecule has 2 heterocycles. The molecule has 0 atom stereocenters. The molecule has 124 valence electrons. The van der Waals surface area contributed by atoms with Crippen LogP contribution in [0.15, 0.2) is 53.5 Å². The Balaban J connectivity index is 1.57. The van der Waals surface area contributed by atoms with Crippen LogP contribution in [-0.4, -0.2) is 26.0 Å². The van der Waals surface area contributed by atoms with Crippen LogP contribution < -0.4 is 0 Å². The number of para-hydroxylation sites is 2. The standard InChI is InChI=1S/C19H17N5S/c1-13-7-3-4-8-15(13)11-20-19-23-22-18(25-19)12-24-14(2)21-16-9-5-6-10-17(16)24/h3-11H,12H2,1-2H3/b20-11+. The fraction of sp³-hybridized carbons (Fsp3) is 0.158. The molecular weight excluding hydrogens is 330 g/mol. The summed E-state index contributed by atoms with van der Waals surface area (Å²) in [6, 6.07) is 16.3. The van der Waals surface area contributed by atoms with Crippen molar-refractivity contribution < 1.29 is 0 Å². The summed E-state index contributed by atoms with van der Waals surface area (Å²) >= 11 is 1.50. The molecule has 4 rings (SSSR count). The van der Waals surface area contributed by atoms with E-state index in [1.54, 1.807) is 0 Å². The molecule has 4 aromatic rings. The third kappa shape index (κ3) is 3.21. The van der Waals surface area contributed by atoms with Gasteiger partial charge in [-0.2, -0.15) is 0 Å². The predicted molar refractivity (Wildman–Crippen MR) is 102 cm³/mol. The first-order valence-corrected chi connectivity index (χ1v) is 8.86. The Kier molecular flexibility index (Phi) is 4.11. The number of hydrogen-bond donors (Lipinski definition) is 0. The molecule has 0 saturated heterocycles. The minimum Gasteiger partial charge on any atom is -0.321 e. The molecular formula is C19H17N5S. The van der Waals surface area contributed by atoms with Gasteiger partial charge in [0.25, 0.3) is 0 Å². The third-order valence-electron chi connectivity index (χ3n) is 4.10. The number of benzene rings is 2. The van der Waals surface area contributed by atoms with Crippen molar-refractivity contribution in [2.75, 3.05) is 0 Å². The van der Waals surface area contributed by atoms with Crippen molar-refractivity contribution in [3.8, 4) is 0 Å². The van der Waals surface area contributed by atoms with E-state index in [2.05, 4.69) is 43.8 Å². The van der Waals surface area contributed by atoms with Crippen LogP contribution >= 0.6 is 11.3 Å². The molecule has 5 nitrogen and oxygen atoms in total. The first-order valence-electron chi connectivity index (χ1n) is 8.04. The predicted octanol–water partition coefficient (Wildman–Crippen LogP) is 4.30. The number of hydrogen-bond acceptors (Lipinski definition) is 5. The summed E-state index contributed by atoms with van der Waals surface area (Å²) in [6.07, 6.45) is 1.84. The summed E-state index contributed by atoms with van der Waals surface area (Å²) in [5.74, 6) is 0.973. The molecule has 25 heavy (non-hydrogen) atoms. The van der Waals surface area contributed by atoms with Crippen molar-refractivity contribution in [3.05, 3.63) is 70.5 Å². The summed E-state index contributed by atoms with van der Waals surface area (Å²) in [6.45, 7) is 4.74. The van der Waals surface area contributed by atoms with E-state index in [4.69, 9.17) is 0 Å². The van der Waals surface area contributed by atoms with Crippen molar-refractivity contribution in [2.24, 2.45) is 4.99 Å². The Morgan fingerprint density at radius 3 is 2.72 bits per heavy atom. The Bertz CT molecular complexity index is 1060. The van der Waals surface area contributed by atoms with Gasteiger partial charge in [0, 0.05) is 6.21 Å². The zero-order chi connectivity index (χ0) is 17.2. The summed E-state index contributed by atoms with van der Waals surface area (Å²) in [5, 5.41) is 10.1. The molecule has 6 heteroatoms. The molecule has 0 aliphatic carbocycles. The number of imidazole rings is 1. The molecule has 2 aromatic carbocycles. The number of nitrogens with zero attached hydrogens (tertiary/aromatic N) is 5. The topological polar surface area (TPSA) is 56.0 Å². The maximum Gasteiger partial charge on any atom is 0.231 e. The fourth-order valence-corrected chi connectivity index (χ4v) is 3.42. The van der Waals surface area contributed by atoms with Crippen molar-refractivity contribution in [1.29, 1.82) is 0 Å². The quantitative estimate of drug-likeness (QED) is 0.517. The van der Waals surface area contributed by atoms with E-state index in [0.717, 1.165) is 27.4 Å². The molecule has 0 aliphatic rings. The summed E-state index contributed by atoms with van der Waals surface area (Å²) in [5.41, 5.74) is 4.40. The van der Waals surface area contributed by atoms with Crippen LogP contribution in [0.4, 0.5) is 5.13 Å². The second-order valence-electron chi connectivity index (χ2n) is 5.83. The van der Waals surface area contributed by atoms with E-state index in [9.17, 15) is 0 Å². The fourth-order valence-electron chi connectivity index (χ4n) is 2.75. The van der Waals surface area contributed by atoms with Crippen LogP contribution in [-0.2, 0) is 6.54 Å². The highest BCUT2D eigenvalue weighted by molar-refractivity contribution is 7.14. The number of rotatable bonds is 4. The number of aryl methyl sites for hydroxylation is 2. The average Bonchev–Trinajstić information content (AvgIpc) is 3.19. The van der Waals surface area contributed by atoms with Crippen molar-refractivity contribution in [2.45, 2.75) is 20.4 Å². The molecule has 2 aromatic heterocycles. The van der Waals surface area contributed by atoms with Crippen LogP contribution in [0.1, 0.15) is 22.0 Å². The van der Waals surface area contributed by atoms with Crippen molar-refractivity contribution in [1.82, 2.24) is 19.7 Å². The maximum absolute atomic E-state index is 4.59. The molecule has 0 fully saturated rings. The zero-order valence-electron chi connectivity index (χ0n) is 14.0. The SMILES string of the molecule is Cc1ccccc1/C=N/c1nnc(Cn2c(C)nc3ccccc32)s1. The number of fused-ring (bicyclic) bond motifs is 1. The van der Waals surface area contributed by atoms with Gasteiger partial charge in [-0.15, -0.1) is 10.2 Å². The van der Waals surface area contributed by atoms with Gasteiger partial charge < -0.3 is 4.57 Å². The van der Waals surface area contributed by atoms with Gasteiger partial charge in [-0.3, -0.25) is 0 Å². The lowest BCUT2D eigenvalue weighted by atomic mass is 10.1. The normalized spacial score (nSPS) is 11.6. The summed E-state index contributed by atoms with van der Waals surface area (Å²) in [7, 11) is 0. The van der Waals surface area contributed by atoms with Crippen LogP contribution in [0.5, 0.6) is 0 Å². The van der Waals surface area contributed by atoms with Gasteiger partial charge >= 0.3 is 0 Å². The highest BCUT2D eigenvalue weighted by atomic mass is 32.1. The Morgan fingerprint density at radius 1 is 1.04 bits per heavy atom. The van der Waals surface area contributed by atoms with E-state index >= 15 is 0 Å². The zero-order valence-corrected chi connectivity index (χ0v) is 14.9. The van der Waals surface area contributed by atoms with Gasteiger partial charge in [0.2, 0.25) is 5.13 Å². The molecule has 0 saturated carbocycles. The molecule has 0 bridgehead atoms. The number of aliphatic imine (C=N–C) groups is 1. The largest absolute Gasteiger partial charge is 0.321 e. The van der Waals surface area contributed by atoms with Crippen LogP contribution in [0.2, 0.25) is 0 Å². The highest BCUT2D eigenvalue weighted by Crippen LogP contribution is 2.22. The Labute approximate surface area is 149 Å². The lowest BCUT2D eigenvalue weighted by Gasteiger charge is -2.02. The molecule has 0 unspecified atom stereocenters. The Hall–Kier alpha value is -2.86. The second kappa shape index (κ2) is 6.57. The van der Waals surface area contributed by atoms with Crippen LogP contribution in [0.25, 0.3) is 11.0 Å². The second-order valence-corrected chi connectivity index (χ2v) is 6.87. The molecule has 0 amide bonds. The van der Waals surface area contributed by atoms with Gasteiger partial charge in [0.15, 0.2) is 0 Å². The molecule has 0 N–H and O–H groups in total. The van der Waals surface area contributed by atoms with E-state index < -0.39 is 0 Å². The van der Waals surface area contributed by atoms with Gasteiger partial charge in [-0.1, -0.05) is 47.7 Å². The number of aromatic nitrogens is 4. The van der Waals surface area contributed by atoms with Crippen LogP contribution in [0.3, 0.4) is 0 Å². The third-order valence-corrected chi connectivity index (χ3v) is 4.91. The van der Waals surface area contributed by atoms with E-state index in [0.29, 0.717) is 11.7 Å². The smallest absolute Gasteiger partial charge is 0.231 e. The summed E-state index contributed by atoms with van der Waals surface area (Å²) < 4.78 is 2.16. The van der Waals surface area contributed by atoms with E-state index in [-0.39, 0.29) is 0 Å². The van der Waals surface area contributed by atoms with Gasteiger partial charge in [-0.05, 0) is 37.1 Å². The molecule has 0 radical (unpaired) electrons. The lowest BCUT2D eigenvalue weighted by molar-refractivity contribution is 0.768. The van der Waals surface area contributed by atoms with E-state index in [1.165, 1.54) is 16.9 Å². The highest BCUT2D eigenvalue weighted by Gasteiger charge is 2.10. The van der Waals surface area contributed by atoms with Gasteiger partial charge in [-0.25, -0.2) is 9.98 Å². The van der Waals surface area contributed by atoms with Crippen LogP contribution in [0, 0.1) is 13.8 Å². The van der Waals surface area contributed by atoms with E-state index in [1.807, 2.05) is 49.5 Å². The molecule has 0 aliphatic heterocycles. The first-order chi connectivity index (χ1) is 12.2. The van der Waals surface area contributed by atoms with Crippen molar-refractivity contribution >= 4 is 33.7 Å². The van der Waals surface area contributed by atoms with Gasteiger partial charge in [0.1, 0.15) is 10.8 Å². The monoisotopic (exact) mass is 347 g/mol. The van der Waals surface area contributed by atoms with Crippen molar-refractivity contribution in [3.63, 3.8) is 0 Å². The minimum absolute atomic E-state index is 0.657.